The summed E-state index contributed by atoms with van der Waals surface area (Å²) in [5.74, 6) is 4.95. The molecule has 35 heavy (non-hydrogen) atoms. The molecule has 0 radical (unpaired) electrons. The fourth-order valence-electron chi connectivity index (χ4n) is 3.78. The van der Waals surface area contributed by atoms with Gasteiger partial charge in [-0.3, -0.25) is 20.2 Å². The van der Waals surface area contributed by atoms with Crippen LogP contribution in [-0.2, 0) is 16.0 Å². The zero-order valence-corrected chi connectivity index (χ0v) is 22.4. The molecular formula is C24H24Cl5N3O3. The monoisotopic (exact) mass is 577 g/mol. The molecule has 0 spiro atoms. The van der Waals surface area contributed by atoms with Crippen LogP contribution in [0, 0.1) is 0 Å². The lowest BCUT2D eigenvalue weighted by atomic mass is 9.95. The average Bonchev–Trinajstić information content (AvgIpc) is 3.17. The number of nitrogen functional groups attached to an aromatic ring is 1. The molecule has 2 aliphatic carbocycles. The third-order valence-corrected chi connectivity index (χ3v) is 6.56. The maximum Gasteiger partial charge on any atom is 0.198 e. The van der Waals surface area contributed by atoms with Crippen molar-refractivity contribution in [2.24, 2.45) is 5.84 Å². The first-order valence-corrected chi connectivity index (χ1v) is 12.2. The number of ketones is 3. The Hall–Kier alpha value is -1.80. The number of halogens is 5. The highest BCUT2D eigenvalue weighted by atomic mass is 35.5. The molecule has 4 N–H and O–H groups in total. The Morgan fingerprint density at radius 1 is 0.743 bits per heavy atom. The molecule has 188 valence electrons. The molecule has 2 aliphatic rings. The Morgan fingerprint density at radius 3 is 1.91 bits per heavy atom. The van der Waals surface area contributed by atoms with Crippen molar-refractivity contribution < 1.29 is 14.4 Å². The number of hydrogen-bond acceptors (Lipinski definition) is 5. The van der Waals surface area contributed by atoms with E-state index >= 15 is 0 Å². The highest BCUT2D eigenvalue weighted by Gasteiger charge is 2.23. The van der Waals surface area contributed by atoms with E-state index in [0.717, 1.165) is 42.1 Å². The lowest BCUT2D eigenvalue weighted by Gasteiger charge is -2.09. The molecule has 0 bridgehead atoms. The molecule has 0 saturated heterocycles. The van der Waals surface area contributed by atoms with Crippen LogP contribution in [0.2, 0.25) is 20.1 Å². The van der Waals surface area contributed by atoms with Crippen LogP contribution in [0.5, 0.6) is 0 Å². The van der Waals surface area contributed by atoms with Gasteiger partial charge in [0.05, 0.1) is 26.9 Å². The number of fused-ring (bicyclic) bond motifs is 3. The number of benzene rings is 2. The minimum absolute atomic E-state index is 0. The highest BCUT2D eigenvalue weighted by molar-refractivity contribution is 6.39. The largest absolute Gasteiger partial charge is 0.351 e. The lowest BCUT2D eigenvalue weighted by Crippen LogP contribution is -2.17. The predicted octanol–water partition coefficient (Wildman–Crippen LogP) is 7.39. The number of hydrogen-bond donors (Lipinski definition) is 3. The molecule has 1 fully saturated rings. The Balaban J connectivity index is 0.000000197. The van der Waals surface area contributed by atoms with Crippen LogP contribution >= 0.6 is 58.8 Å². The van der Waals surface area contributed by atoms with Crippen LogP contribution in [0.4, 0.5) is 5.69 Å². The van der Waals surface area contributed by atoms with E-state index in [2.05, 4.69) is 10.4 Å². The van der Waals surface area contributed by atoms with E-state index in [9.17, 15) is 14.4 Å². The molecule has 6 nitrogen and oxygen atoms in total. The third-order valence-electron chi connectivity index (χ3n) is 5.50. The first kappa shape index (κ1) is 29.4. The fourth-order valence-corrected chi connectivity index (χ4v) is 4.78. The van der Waals surface area contributed by atoms with Gasteiger partial charge in [-0.05, 0) is 61.6 Å². The topological polar surface area (TPSA) is 105 Å². The quantitative estimate of drug-likeness (QED) is 0.158. The number of nitrogens with two attached hydrogens (primary N) is 1. The number of rotatable bonds is 1. The van der Waals surface area contributed by atoms with Crippen molar-refractivity contribution in [3.05, 3.63) is 61.7 Å². The number of H-pyrrole nitrogens is 1. The summed E-state index contributed by atoms with van der Waals surface area (Å²) in [6.45, 7) is 0. The summed E-state index contributed by atoms with van der Waals surface area (Å²) in [7, 11) is 0. The number of carbonyl (C=O) groups excluding carboxylic acids is 3. The summed E-state index contributed by atoms with van der Waals surface area (Å²) in [5, 5.41) is 3.29. The summed E-state index contributed by atoms with van der Waals surface area (Å²) in [6, 6.07) is 8.61. The zero-order chi connectivity index (χ0) is 24.8. The third kappa shape index (κ3) is 7.59. The number of hydrazine groups is 1. The number of aromatic amines is 1. The summed E-state index contributed by atoms with van der Waals surface area (Å²) < 4.78 is 0. The number of nitrogens with one attached hydrogen (secondary N) is 2. The number of aromatic nitrogens is 1. The van der Waals surface area contributed by atoms with Gasteiger partial charge in [-0.2, -0.15) is 0 Å². The molecule has 3 aromatic rings. The van der Waals surface area contributed by atoms with E-state index in [1.807, 2.05) is 6.07 Å². The van der Waals surface area contributed by atoms with E-state index < -0.39 is 0 Å². The number of aryl methyl sites for hydroxylation is 1. The second-order valence-corrected chi connectivity index (χ2v) is 9.57. The van der Waals surface area contributed by atoms with E-state index in [1.165, 1.54) is 0 Å². The van der Waals surface area contributed by atoms with Crippen molar-refractivity contribution in [2.45, 2.75) is 44.9 Å². The summed E-state index contributed by atoms with van der Waals surface area (Å²) in [4.78, 5) is 35.8. The van der Waals surface area contributed by atoms with Crippen LogP contribution in [0.3, 0.4) is 0 Å². The summed E-state index contributed by atoms with van der Waals surface area (Å²) in [6.07, 6.45) is 5.22. The molecule has 5 rings (SSSR count). The fraction of sp³-hybridized carbons (Fsp3) is 0.292. The van der Waals surface area contributed by atoms with Crippen molar-refractivity contribution >= 4 is 92.8 Å². The lowest BCUT2D eigenvalue weighted by molar-refractivity contribution is -0.137. The second kappa shape index (κ2) is 13.5. The van der Waals surface area contributed by atoms with Gasteiger partial charge in [0.2, 0.25) is 0 Å². The standard InChI is InChI=1S/C12H9Cl2NO.C6H6Cl2N2.C6H8O2.ClH/c13-6-4-8-7-2-1-3-10(16)12(7)15-11(8)9(14)5-6;7-4-1-2-6(10-9)5(8)3-4;7-5-3-1-2-4-6(5)8;/h4-5,15H,1-3H2;1-3,10H,9H2;1-4H2;1H. The first-order chi connectivity index (χ1) is 16.2. The van der Waals surface area contributed by atoms with Crippen LogP contribution in [0.1, 0.15) is 54.6 Å². The van der Waals surface area contributed by atoms with Gasteiger partial charge in [-0.25, -0.2) is 0 Å². The van der Waals surface area contributed by atoms with Crippen molar-refractivity contribution in [3.63, 3.8) is 0 Å². The predicted molar refractivity (Wildman–Crippen MR) is 146 cm³/mol. The van der Waals surface area contributed by atoms with Gasteiger partial charge in [0.1, 0.15) is 0 Å². The molecule has 2 aromatic carbocycles. The van der Waals surface area contributed by atoms with Crippen molar-refractivity contribution in [2.75, 3.05) is 5.43 Å². The van der Waals surface area contributed by atoms with Gasteiger partial charge in [0, 0.05) is 34.7 Å². The maximum absolute atomic E-state index is 11.7. The molecule has 1 aromatic heterocycles. The molecule has 0 aliphatic heterocycles. The van der Waals surface area contributed by atoms with E-state index in [1.54, 1.807) is 24.3 Å². The number of carbonyl (C=O) groups is 3. The molecule has 0 atom stereocenters. The first-order valence-electron chi connectivity index (χ1n) is 10.7. The minimum Gasteiger partial charge on any atom is -0.351 e. The number of anilines is 1. The van der Waals surface area contributed by atoms with Crippen LogP contribution in [0.15, 0.2) is 30.3 Å². The van der Waals surface area contributed by atoms with Crippen LogP contribution in [-0.4, -0.2) is 22.3 Å². The van der Waals surface area contributed by atoms with Gasteiger partial charge >= 0.3 is 0 Å². The molecule has 1 heterocycles. The molecule has 0 unspecified atom stereocenters. The van der Waals surface area contributed by atoms with E-state index in [4.69, 9.17) is 52.2 Å². The molecule has 1 saturated carbocycles. The average molecular weight is 580 g/mol. The second-order valence-electron chi connectivity index (χ2n) is 7.89. The van der Waals surface area contributed by atoms with Crippen molar-refractivity contribution in [3.8, 4) is 0 Å². The summed E-state index contributed by atoms with van der Waals surface area (Å²) >= 11 is 23.4. The van der Waals surface area contributed by atoms with Crippen LogP contribution in [0.25, 0.3) is 10.9 Å². The number of Topliss-reactive ketones (excluding diaryl/α,β-unsaturated/α-hetero) is 3. The highest BCUT2D eigenvalue weighted by Crippen LogP contribution is 2.34. The van der Waals surface area contributed by atoms with Gasteiger partial charge < -0.3 is 10.4 Å². The zero-order valence-electron chi connectivity index (χ0n) is 18.6. The molecule has 11 heteroatoms. The minimum atomic E-state index is -0.170. The smallest absolute Gasteiger partial charge is 0.198 e. The SMILES string of the molecule is Cl.NNc1ccc(Cl)cc1Cl.O=C1CCCCC1=O.O=C1CCCc2c1[nH]c1c(Cl)cc(Cl)cc21. The molecular weight excluding hydrogens is 556 g/mol. The Labute approximate surface area is 229 Å². The Morgan fingerprint density at radius 2 is 1.34 bits per heavy atom. The van der Waals surface area contributed by atoms with Gasteiger partial charge in [-0.15, -0.1) is 12.4 Å². The maximum atomic E-state index is 11.7. The van der Waals surface area contributed by atoms with Gasteiger partial charge in [0.25, 0.3) is 0 Å². The van der Waals surface area contributed by atoms with E-state index in [-0.39, 0.29) is 29.8 Å². The summed E-state index contributed by atoms with van der Waals surface area (Å²) in [5.41, 5.74) is 5.71. The Kier molecular flexibility index (Phi) is 11.3. The van der Waals surface area contributed by atoms with Crippen molar-refractivity contribution in [1.82, 2.24) is 4.98 Å². The normalized spacial score (nSPS) is 14.7. The Bertz CT molecular complexity index is 1230. The van der Waals surface area contributed by atoms with Crippen LogP contribution < -0.4 is 11.3 Å². The van der Waals surface area contributed by atoms with E-state index in [0.29, 0.717) is 50.7 Å². The van der Waals surface area contributed by atoms with Gasteiger partial charge in [0.15, 0.2) is 17.3 Å². The molecule has 0 amide bonds. The van der Waals surface area contributed by atoms with Gasteiger partial charge in [-0.1, -0.05) is 46.4 Å². The van der Waals surface area contributed by atoms with Crippen molar-refractivity contribution in [1.29, 1.82) is 0 Å².